The van der Waals surface area contributed by atoms with Crippen LogP contribution >= 0.6 is 0 Å². The highest BCUT2D eigenvalue weighted by Gasteiger charge is 2.48. The third-order valence-corrected chi connectivity index (χ3v) is 3.95. The topological polar surface area (TPSA) is 66.8 Å². The minimum atomic E-state index is -4.84. The third-order valence-electron chi connectivity index (χ3n) is 3.95. The fourth-order valence-corrected chi connectivity index (χ4v) is 2.96. The molecule has 2 rings (SSSR count). The molecule has 0 bridgehead atoms. The molecule has 5 nitrogen and oxygen atoms in total. The van der Waals surface area contributed by atoms with E-state index in [0.29, 0.717) is 25.9 Å². The number of halogens is 3. The second-order valence-corrected chi connectivity index (χ2v) is 5.45. The fourth-order valence-electron chi connectivity index (χ4n) is 2.96. The van der Waals surface area contributed by atoms with Gasteiger partial charge in [-0.3, -0.25) is 9.59 Å². The first kappa shape index (κ1) is 15.1. The number of hydrogen-bond acceptors (Lipinski definition) is 3. The molecule has 114 valence electrons. The van der Waals surface area contributed by atoms with Gasteiger partial charge in [0.2, 0.25) is 0 Å². The van der Waals surface area contributed by atoms with E-state index in [1.807, 2.05) is 0 Å². The van der Waals surface area contributed by atoms with Crippen LogP contribution in [0.4, 0.5) is 13.2 Å². The lowest BCUT2D eigenvalue weighted by atomic mass is 9.84. The lowest BCUT2D eigenvalue weighted by Crippen LogP contribution is -2.50. The molecule has 2 heterocycles. The smallest absolute Gasteiger partial charge is 0.471 e. The summed E-state index contributed by atoms with van der Waals surface area (Å²) in [5, 5.41) is 8.73. The third kappa shape index (κ3) is 3.23. The summed E-state index contributed by atoms with van der Waals surface area (Å²) in [5.74, 6) is -2.81. The highest BCUT2D eigenvalue weighted by molar-refractivity contribution is 5.81. The normalized spacial score (nSPS) is 25.9. The number of carboxylic acid groups (broad SMARTS) is 1. The predicted molar refractivity (Wildman–Crippen MR) is 60.9 cm³/mol. The summed E-state index contributed by atoms with van der Waals surface area (Å²) in [6.07, 6.45) is -3.65. The van der Waals surface area contributed by atoms with Gasteiger partial charge in [-0.25, -0.2) is 0 Å². The minimum Gasteiger partial charge on any atom is -0.481 e. The second-order valence-electron chi connectivity index (χ2n) is 5.45. The van der Waals surface area contributed by atoms with Crippen molar-refractivity contribution in [2.45, 2.75) is 37.5 Å². The van der Waals surface area contributed by atoms with E-state index in [9.17, 15) is 22.8 Å². The van der Waals surface area contributed by atoms with Crippen molar-refractivity contribution >= 4 is 11.9 Å². The SMILES string of the molecule is O=C(O)CC1COC2(CCN(C(=O)C(F)(F)F)CC2)C1. The van der Waals surface area contributed by atoms with Crippen molar-refractivity contribution in [3.63, 3.8) is 0 Å². The van der Waals surface area contributed by atoms with E-state index in [1.54, 1.807) is 0 Å². The summed E-state index contributed by atoms with van der Waals surface area (Å²) >= 11 is 0. The van der Waals surface area contributed by atoms with Gasteiger partial charge in [0, 0.05) is 13.1 Å². The number of aliphatic carboxylic acids is 1. The molecule has 1 spiro atoms. The Labute approximate surface area is 113 Å². The van der Waals surface area contributed by atoms with Crippen LogP contribution in [0.5, 0.6) is 0 Å². The first-order valence-corrected chi connectivity index (χ1v) is 6.44. The van der Waals surface area contributed by atoms with Crippen LogP contribution in [0.2, 0.25) is 0 Å². The number of alkyl halides is 3. The van der Waals surface area contributed by atoms with Crippen molar-refractivity contribution in [3.8, 4) is 0 Å². The molecule has 2 aliphatic heterocycles. The summed E-state index contributed by atoms with van der Waals surface area (Å²) in [5.41, 5.74) is -0.553. The zero-order valence-electron chi connectivity index (χ0n) is 10.8. The van der Waals surface area contributed by atoms with Gasteiger partial charge in [0.1, 0.15) is 0 Å². The fraction of sp³-hybridized carbons (Fsp3) is 0.833. The van der Waals surface area contributed by atoms with E-state index >= 15 is 0 Å². The van der Waals surface area contributed by atoms with Crippen molar-refractivity contribution in [1.29, 1.82) is 0 Å². The highest BCUT2D eigenvalue weighted by Crippen LogP contribution is 2.40. The Hall–Kier alpha value is -1.31. The Morgan fingerprint density at radius 2 is 1.90 bits per heavy atom. The average molecular weight is 295 g/mol. The largest absolute Gasteiger partial charge is 0.481 e. The van der Waals surface area contributed by atoms with Gasteiger partial charge in [-0.2, -0.15) is 13.2 Å². The van der Waals surface area contributed by atoms with Gasteiger partial charge in [0.25, 0.3) is 0 Å². The Balaban J connectivity index is 1.89. The Kier molecular flexibility index (Phi) is 3.95. The van der Waals surface area contributed by atoms with Crippen molar-refractivity contribution < 1.29 is 32.6 Å². The maximum Gasteiger partial charge on any atom is 0.471 e. The molecule has 1 atom stereocenters. The van der Waals surface area contributed by atoms with Crippen molar-refractivity contribution in [3.05, 3.63) is 0 Å². The maximum absolute atomic E-state index is 12.3. The molecule has 0 aromatic heterocycles. The van der Waals surface area contributed by atoms with E-state index < -0.39 is 23.7 Å². The molecule has 2 aliphatic rings. The van der Waals surface area contributed by atoms with Crippen molar-refractivity contribution in [2.75, 3.05) is 19.7 Å². The van der Waals surface area contributed by atoms with Gasteiger partial charge >= 0.3 is 18.1 Å². The zero-order valence-corrected chi connectivity index (χ0v) is 10.8. The van der Waals surface area contributed by atoms with E-state index in [2.05, 4.69) is 0 Å². The van der Waals surface area contributed by atoms with Gasteiger partial charge < -0.3 is 14.7 Å². The Morgan fingerprint density at radius 3 is 2.40 bits per heavy atom. The van der Waals surface area contributed by atoms with Crippen LogP contribution in [0.1, 0.15) is 25.7 Å². The number of ether oxygens (including phenoxy) is 1. The van der Waals surface area contributed by atoms with Gasteiger partial charge in [-0.15, -0.1) is 0 Å². The molecule has 0 aromatic rings. The Bertz CT molecular complexity index is 402. The molecular weight excluding hydrogens is 279 g/mol. The monoisotopic (exact) mass is 295 g/mol. The summed E-state index contributed by atoms with van der Waals surface area (Å²) in [4.78, 5) is 22.6. The number of nitrogens with zero attached hydrogens (tertiary/aromatic N) is 1. The van der Waals surface area contributed by atoms with Crippen LogP contribution < -0.4 is 0 Å². The van der Waals surface area contributed by atoms with Gasteiger partial charge in [0.05, 0.1) is 18.6 Å². The van der Waals surface area contributed by atoms with Crippen molar-refractivity contribution in [1.82, 2.24) is 4.90 Å². The first-order chi connectivity index (χ1) is 9.22. The van der Waals surface area contributed by atoms with Crippen LogP contribution in [0, 0.1) is 5.92 Å². The lowest BCUT2D eigenvalue weighted by molar-refractivity contribution is -0.188. The van der Waals surface area contributed by atoms with Gasteiger partial charge in [0.15, 0.2) is 0 Å². The van der Waals surface area contributed by atoms with Crippen LogP contribution in [0.3, 0.4) is 0 Å². The molecule has 0 aliphatic carbocycles. The van der Waals surface area contributed by atoms with E-state index in [-0.39, 0.29) is 25.4 Å². The molecule has 1 N–H and O–H groups in total. The lowest BCUT2D eigenvalue weighted by Gasteiger charge is -2.38. The van der Waals surface area contributed by atoms with Crippen LogP contribution in [0.25, 0.3) is 0 Å². The molecule has 1 amide bonds. The summed E-state index contributed by atoms with van der Waals surface area (Å²) < 4.78 is 42.6. The van der Waals surface area contributed by atoms with Crippen LogP contribution in [0.15, 0.2) is 0 Å². The number of piperidine rings is 1. The van der Waals surface area contributed by atoms with Gasteiger partial charge in [-0.1, -0.05) is 0 Å². The molecule has 20 heavy (non-hydrogen) atoms. The zero-order chi connectivity index (χ0) is 15.0. The Morgan fingerprint density at radius 1 is 1.30 bits per heavy atom. The van der Waals surface area contributed by atoms with Crippen molar-refractivity contribution in [2.24, 2.45) is 5.92 Å². The van der Waals surface area contributed by atoms with Crippen LogP contribution in [-0.4, -0.2) is 53.4 Å². The minimum absolute atomic E-state index is 0.00185. The molecule has 8 heteroatoms. The predicted octanol–water partition coefficient (Wildman–Crippen LogP) is 1.42. The first-order valence-electron chi connectivity index (χ1n) is 6.44. The van der Waals surface area contributed by atoms with E-state index in [4.69, 9.17) is 9.84 Å². The average Bonchev–Trinajstić information content (AvgIpc) is 2.70. The number of rotatable bonds is 2. The van der Waals surface area contributed by atoms with E-state index in [1.165, 1.54) is 0 Å². The summed E-state index contributed by atoms with van der Waals surface area (Å²) in [6, 6.07) is 0. The molecular formula is C12H16F3NO4. The summed E-state index contributed by atoms with van der Waals surface area (Å²) in [7, 11) is 0. The second kappa shape index (κ2) is 5.23. The molecule has 0 aromatic carbocycles. The molecule has 2 fully saturated rings. The molecule has 2 saturated heterocycles. The number of amides is 1. The van der Waals surface area contributed by atoms with Gasteiger partial charge in [-0.05, 0) is 25.2 Å². The van der Waals surface area contributed by atoms with E-state index in [0.717, 1.165) is 4.90 Å². The number of carboxylic acids is 1. The number of carbonyl (C=O) groups is 2. The maximum atomic E-state index is 12.3. The van der Waals surface area contributed by atoms with Crippen LogP contribution in [-0.2, 0) is 14.3 Å². The highest BCUT2D eigenvalue weighted by atomic mass is 19.4. The molecule has 0 saturated carbocycles. The quantitative estimate of drug-likeness (QED) is 0.836. The molecule has 1 unspecified atom stereocenters. The number of hydrogen-bond donors (Lipinski definition) is 1. The molecule has 0 radical (unpaired) electrons. The number of likely N-dealkylation sites (tertiary alicyclic amines) is 1. The summed E-state index contributed by atoms with van der Waals surface area (Å²) in [6.45, 7) is 0.315. The standard InChI is InChI=1S/C12H16F3NO4/c13-12(14,15)10(19)16-3-1-11(2-4-16)6-8(7-20-11)5-9(17)18/h8H,1-7H2,(H,17,18). The number of carbonyl (C=O) groups excluding carboxylic acids is 1.